The number of nitrogens with one attached hydrogen (secondary N) is 2. The van der Waals surface area contributed by atoms with Gasteiger partial charge in [-0.25, -0.2) is 9.37 Å². The summed E-state index contributed by atoms with van der Waals surface area (Å²) in [7, 11) is 0. The predicted molar refractivity (Wildman–Crippen MR) is 97.8 cm³/mol. The molecular weight excluding hydrogens is 323 g/mol. The maximum Gasteiger partial charge on any atom is 0.171 e. The number of aromatic nitrogens is 2. The van der Waals surface area contributed by atoms with Crippen LogP contribution in [0.2, 0.25) is 0 Å². The van der Waals surface area contributed by atoms with E-state index in [-0.39, 0.29) is 5.82 Å². The largest absolute Gasteiger partial charge is 0.358 e. The molecule has 122 valence electrons. The highest BCUT2D eigenvalue weighted by Gasteiger charge is 2.04. The van der Waals surface area contributed by atoms with E-state index in [1.54, 1.807) is 24.4 Å². The number of rotatable bonds is 4. The molecule has 0 saturated heterocycles. The Morgan fingerprint density at radius 1 is 1.17 bits per heavy atom. The number of halogens is 1. The molecule has 0 unspecified atom stereocenters. The second-order valence-corrected chi connectivity index (χ2v) is 5.71. The van der Waals surface area contributed by atoms with Crippen LogP contribution in [0.15, 0.2) is 60.9 Å². The Balaban J connectivity index is 1.58. The maximum absolute atomic E-state index is 13.6. The fourth-order valence-electron chi connectivity index (χ4n) is 2.34. The average Bonchev–Trinajstić information content (AvgIpc) is 3.02. The molecule has 0 spiro atoms. The molecule has 1 aromatic heterocycles. The first-order valence-corrected chi connectivity index (χ1v) is 7.93. The van der Waals surface area contributed by atoms with E-state index in [1.807, 2.05) is 42.0 Å². The lowest BCUT2D eigenvalue weighted by atomic mass is 10.2. The minimum absolute atomic E-state index is 0.332. The molecule has 0 aliphatic rings. The fraction of sp³-hybridized carbons (Fsp3) is 0.111. The maximum atomic E-state index is 13.6. The highest BCUT2D eigenvalue weighted by Crippen LogP contribution is 2.13. The van der Waals surface area contributed by atoms with Crippen LogP contribution in [0, 0.1) is 12.7 Å². The molecule has 0 aliphatic heterocycles. The number of imidazole rings is 1. The highest BCUT2D eigenvalue weighted by molar-refractivity contribution is 7.80. The quantitative estimate of drug-likeness (QED) is 0.709. The van der Waals surface area contributed by atoms with Gasteiger partial charge in [0.1, 0.15) is 11.6 Å². The van der Waals surface area contributed by atoms with Gasteiger partial charge < -0.3 is 15.2 Å². The highest BCUT2D eigenvalue weighted by atomic mass is 32.1. The summed E-state index contributed by atoms with van der Waals surface area (Å²) in [4.78, 5) is 4.22. The van der Waals surface area contributed by atoms with Gasteiger partial charge in [0.05, 0.1) is 5.69 Å². The molecule has 0 atom stereocenters. The molecule has 6 heteroatoms. The van der Waals surface area contributed by atoms with Gasteiger partial charge in [0.25, 0.3) is 0 Å². The van der Waals surface area contributed by atoms with Crippen molar-refractivity contribution in [2.45, 2.75) is 13.5 Å². The van der Waals surface area contributed by atoms with Crippen molar-refractivity contribution in [3.8, 4) is 5.69 Å². The summed E-state index contributed by atoms with van der Waals surface area (Å²) in [6, 6.07) is 14.5. The van der Waals surface area contributed by atoms with Crippen LogP contribution in [-0.2, 0) is 6.54 Å². The lowest BCUT2D eigenvalue weighted by Crippen LogP contribution is -2.28. The standard InChI is InChI=1S/C18H17FN4S/c1-13-20-10-11-23(13)15-8-6-14(7-9-15)12-21-18(24)22-17-5-3-2-4-16(17)19/h2-11H,12H2,1H3,(H2,21,22,24). The summed E-state index contributed by atoms with van der Waals surface area (Å²) in [6.45, 7) is 2.52. The molecule has 3 aromatic rings. The molecular formula is C18H17FN4S. The number of thiocarbonyl (C=S) groups is 1. The van der Waals surface area contributed by atoms with Crippen LogP contribution in [-0.4, -0.2) is 14.7 Å². The predicted octanol–water partition coefficient (Wildman–Crippen LogP) is 3.81. The van der Waals surface area contributed by atoms with Crippen LogP contribution in [0.5, 0.6) is 0 Å². The molecule has 2 N–H and O–H groups in total. The lowest BCUT2D eigenvalue weighted by Gasteiger charge is -2.12. The van der Waals surface area contributed by atoms with Crippen molar-refractivity contribution in [1.29, 1.82) is 0 Å². The van der Waals surface area contributed by atoms with Crippen molar-refractivity contribution in [3.63, 3.8) is 0 Å². The van der Waals surface area contributed by atoms with E-state index in [2.05, 4.69) is 15.6 Å². The van der Waals surface area contributed by atoms with Gasteiger partial charge in [0, 0.05) is 24.6 Å². The van der Waals surface area contributed by atoms with Crippen molar-refractivity contribution in [2.24, 2.45) is 0 Å². The Morgan fingerprint density at radius 3 is 2.58 bits per heavy atom. The average molecular weight is 340 g/mol. The molecule has 0 radical (unpaired) electrons. The Kier molecular flexibility index (Phi) is 4.86. The van der Waals surface area contributed by atoms with Gasteiger partial charge in [-0.1, -0.05) is 24.3 Å². The second kappa shape index (κ2) is 7.23. The van der Waals surface area contributed by atoms with Gasteiger partial charge in [-0.3, -0.25) is 0 Å². The van der Waals surface area contributed by atoms with Crippen LogP contribution in [0.1, 0.15) is 11.4 Å². The van der Waals surface area contributed by atoms with Gasteiger partial charge in [-0.2, -0.15) is 0 Å². The van der Waals surface area contributed by atoms with Crippen LogP contribution >= 0.6 is 12.2 Å². The minimum Gasteiger partial charge on any atom is -0.358 e. The second-order valence-electron chi connectivity index (χ2n) is 5.30. The summed E-state index contributed by atoms with van der Waals surface area (Å²) >= 11 is 5.20. The first kappa shape index (κ1) is 16.1. The molecule has 24 heavy (non-hydrogen) atoms. The first-order valence-electron chi connectivity index (χ1n) is 7.52. The molecule has 3 rings (SSSR count). The fourth-order valence-corrected chi connectivity index (χ4v) is 2.52. The molecule has 0 bridgehead atoms. The van der Waals surface area contributed by atoms with E-state index in [4.69, 9.17) is 12.2 Å². The van der Waals surface area contributed by atoms with Gasteiger partial charge in [-0.15, -0.1) is 0 Å². The first-order chi connectivity index (χ1) is 11.6. The summed E-state index contributed by atoms with van der Waals surface area (Å²) in [5.74, 6) is 0.609. The van der Waals surface area contributed by atoms with E-state index < -0.39 is 0 Å². The smallest absolute Gasteiger partial charge is 0.171 e. The number of aryl methyl sites for hydroxylation is 1. The number of nitrogens with zero attached hydrogens (tertiary/aromatic N) is 2. The van der Waals surface area contributed by atoms with Gasteiger partial charge >= 0.3 is 0 Å². The number of hydrogen-bond acceptors (Lipinski definition) is 2. The number of para-hydroxylation sites is 1. The Hall–Kier alpha value is -2.73. The number of anilines is 1. The molecule has 1 heterocycles. The van der Waals surface area contributed by atoms with Crippen LogP contribution in [0.4, 0.5) is 10.1 Å². The molecule has 0 aliphatic carbocycles. The molecule has 4 nitrogen and oxygen atoms in total. The monoisotopic (exact) mass is 340 g/mol. The van der Waals surface area contributed by atoms with Crippen molar-refractivity contribution in [2.75, 3.05) is 5.32 Å². The lowest BCUT2D eigenvalue weighted by molar-refractivity contribution is 0.632. The van der Waals surface area contributed by atoms with Gasteiger partial charge in [0.2, 0.25) is 0 Å². The molecule has 0 amide bonds. The topological polar surface area (TPSA) is 41.9 Å². The van der Waals surface area contributed by atoms with Crippen LogP contribution in [0.25, 0.3) is 5.69 Å². The third-order valence-corrected chi connectivity index (χ3v) is 3.86. The Labute approximate surface area is 145 Å². The third-order valence-electron chi connectivity index (χ3n) is 3.62. The van der Waals surface area contributed by atoms with E-state index in [0.29, 0.717) is 17.3 Å². The zero-order chi connectivity index (χ0) is 16.9. The molecule has 0 fully saturated rings. The van der Waals surface area contributed by atoms with Gasteiger partial charge in [0.15, 0.2) is 5.11 Å². The number of hydrogen-bond donors (Lipinski definition) is 2. The van der Waals surface area contributed by atoms with Crippen molar-refractivity contribution < 1.29 is 4.39 Å². The van der Waals surface area contributed by atoms with Crippen molar-refractivity contribution >= 4 is 23.0 Å². The number of benzene rings is 2. The van der Waals surface area contributed by atoms with Crippen molar-refractivity contribution in [1.82, 2.24) is 14.9 Å². The normalized spacial score (nSPS) is 10.4. The molecule has 2 aromatic carbocycles. The van der Waals surface area contributed by atoms with Gasteiger partial charge in [-0.05, 0) is 49.0 Å². The Bertz CT molecular complexity index is 842. The van der Waals surface area contributed by atoms with E-state index >= 15 is 0 Å². The summed E-state index contributed by atoms with van der Waals surface area (Å²) in [5.41, 5.74) is 2.50. The Morgan fingerprint density at radius 2 is 1.92 bits per heavy atom. The third kappa shape index (κ3) is 3.78. The summed E-state index contributed by atoms with van der Waals surface area (Å²) in [5, 5.41) is 6.31. The van der Waals surface area contributed by atoms with E-state index in [0.717, 1.165) is 17.1 Å². The van der Waals surface area contributed by atoms with E-state index in [1.165, 1.54) is 6.07 Å². The van der Waals surface area contributed by atoms with E-state index in [9.17, 15) is 4.39 Å². The zero-order valence-corrected chi connectivity index (χ0v) is 14.0. The van der Waals surface area contributed by atoms with Crippen molar-refractivity contribution in [3.05, 3.63) is 78.1 Å². The summed E-state index contributed by atoms with van der Waals surface area (Å²) in [6.07, 6.45) is 3.70. The SMILES string of the molecule is Cc1nccn1-c1ccc(CNC(=S)Nc2ccccc2F)cc1. The minimum atomic E-state index is -0.332. The van der Waals surface area contributed by atoms with Crippen LogP contribution in [0.3, 0.4) is 0 Å². The molecule has 0 saturated carbocycles. The van der Waals surface area contributed by atoms with Crippen LogP contribution < -0.4 is 10.6 Å². The zero-order valence-electron chi connectivity index (χ0n) is 13.2. The summed E-state index contributed by atoms with van der Waals surface area (Å²) < 4.78 is 15.6.